The highest BCUT2D eigenvalue weighted by atomic mass is 32.1. The van der Waals surface area contributed by atoms with Crippen molar-refractivity contribution in [2.75, 3.05) is 47.8 Å². The molecule has 1 aliphatic carbocycles. The molecule has 20 aromatic carbocycles. The topological polar surface area (TPSA) is 13.0 Å². The van der Waals surface area contributed by atoms with Crippen molar-refractivity contribution in [3.63, 3.8) is 0 Å². The van der Waals surface area contributed by atoms with Crippen LogP contribution in [-0.2, 0) is 6.42 Å². The second-order valence-electron chi connectivity index (χ2n) is 33.5. The number of nitrogens with zero attached hydrogens (tertiary/aromatic N) is 4. The molecule has 0 amide bonds. The first-order chi connectivity index (χ1) is 65.1. The average Bonchev–Trinajstić information content (AvgIpc) is 1.58. The third-order valence-electron chi connectivity index (χ3n) is 25.7. The number of benzene rings is 20. The van der Waals surface area contributed by atoms with E-state index in [0.717, 1.165) is 6.42 Å². The van der Waals surface area contributed by atoms with Crippen LogP contribution in [-0.4, -0.2) is 28.2 Å². The summed E-state index contributed by atoms with van der Waals surface area (Å²) in [6.07, 6.45) is 1.02. The largest absolute Gasteiger partial charge is 0.344 e. The van der Waals surface area contributed by atoms with Crippen LogP contribution < -0.4 is 19.6 Å². The van der Waals surface area contributed by atoms with Crippen LogP contribution in [0.25, 0.3) is 161 Å². The van der Waals surface area contributed by atoms with Gasteiger partial charge in [0.15, 0.2) is 0 Å². The van der Waals surface area contributed by atoms with E-state index in [1.54, 1.807) is 0 Å². The molecule has 0 N–H and O–H groups in total. The summed E-state index contributed by atoms with van der Waals surface area (Å²) in [5.74, 6) is 0. The van der Waals surface area contributed by atoms with Crippen molar-refractivity contribution in [3.8, 4) is 100 Å². The van der Waals surface area contributed by atoms with E-state index in [1.807, 2.05) is 34.0 Å². The molecule has 0 radical (unpaired) electrons. The number of hydrogen-bond donors (Lipinski definition) is 0. The second-order valence-corrected chi connectivity index (χ2v) is 36.7. The van der Waals surface area contributed by atoms with Crippen LogP contribution in [0.2, 0.25) is 0 Å². The summed E-state index contributed by atoms with van der Waals surface area (Å²) >= 11 is 5.61. The fourth-order valence-corrected chi connectivity index (χ4v) is 22.2. The van der Waals surface area contributed by atoms with Crippen molar-refractivity contribution in [1.82, 2.24) is 0 Å². The van der Waals surface area contributed by atoms with Crippen LogP contribution in [0.4, 0.5) is 45.5 Å². The first-order valence-corrected chi connectivity index (χ1v) is 47.5. The quantitative estimate of drug-likeness (QED) is 0.0956. The van der Waals surface area contributed by atoms with Crippen LogP contribution in [0.15, 0.2) is 485 Å². The van der Waals surface area contributed by atoms with Gasteiger partial charge in [0.1, 0.15) is 0 Å². The molecule has 0 saturated carbocycles. The third kappa shape index (κ3) is 16.9. The van der Waals surface area contributed by atoms with Gasteiger partial charge in [-0.05, 0) is 205 Å². The van der Waals surface area contributed by atoms with E-state index in [4.69, 9.17) is 0 Å². The average molecular weight is 1750 g/mol. The molecule has 4 nitrogen and oxygen atoms in total. The lowest BCUT2D eigenvalue weighted by molar-refractivity contribution is 1.21. The summed E-state index contributed by atoms with van der Waals surface area (Å²) in [4.78, 5) is 9.08. The second kappa shape index (κ2) is 37.5. The van der Waals surface area contributed by atoms with Gasteiger partial charge in [0, 0.05) is 156 Å². The van der Waals surface area contributed by atoms with Crippen molar-refractivity contribution < 1.29 is 0 Å². The van der Waals surface area contributed by atoms with Gasteiger partial charge in [0.05, 0.1) is 0 Å². The van der Waals surface area contributed by atoms with Gasteiger partial charge < -0.3 is 19.6 Å². The first kappa shape index (κ1) is 83.2. The summed E-state index contributed by atoms with van der Waals surface area (Å²) in [5, 5.41) is 8.05. The van der Waals surface area contributed by atoms with E-state index in [-0.39, 0.29) is 0 Å². The molecule has 0 aliphatic heterocycles. The smallest absolute Gasteiger partial charge is 0.0487 e. The molecule has 632 valence electrons. The Morgan fingerprint density at radius 3 is 0.902 bits per heavy atom. The first-order valence-electron chi connectivity index (χ1n) is 45.0. The van der Waals surface area contributed by atoms with E-state index < -0.39 is 0 Å². The molecule has 0 saturated heterocycles. The fourth-order valence-electron chi connectivity index (χ4n) is 18.8. The molecule has 23 aromatic rings. The van der Waals surface area contributed by atoms with Crippen LogP contribution in [0.1, 0.15) is 11.1 Å². The van der Waals surface area contributed by atoms with Crippen molar-refractivity contribution >= 4 is 140 Å². The van der Waals surface area contributed by atoms with Crippen molar-refractivity contribution in [3.05, 3.63) is 496 Å². The number of thiophene rings is 3. The Labute approximate surface area is 784 Å². The van der Waals surface area contributed by atoms with Gasteiger partial charge in [0.25, 0.3) is 0 Å². The summed E-state index contributed by atoms with van der Waals surface area (Å²) in [6.45, 7) is 0. The van der Waals surface area contributed by atoms with Crippen molar-refractivity contribution in [1.29, 1.82) is 0 Å². The standard InChI is InChI=1S/C32H25N.3C31H23NS/c1-33(31-17-8-7-14-28(31)23-10-3-2-4-11-23)27-20-18-24(19-21-27)29-16-9-13-26-22-25-12-5-6-15-30(25)32(26)29;1-32(29-16-7-5-12-25(29)22-10-3-2-4-11-22)24-20-18-23(19-21-24)26-14-9-15-28-27-13-6-8-17-30(27)33-31(26)28;1-32(29-13-7-5-11-26(29)23-9-3-2-4-10-23)25-18-15-22(16-19-25)24-17-20-31-28(21-24)27-12-6-8-14-30(27)33-31;1-32(29-13-7-5-11-26(29)23-9-3-2-4-10-23)25-18-15-22(16-19-25)24-17-20-28-27-12-6-8-14-30(27)33-31(28)21-24/h2-21H,22H2,1H3;3*2-21H,1H3. The van der Waals surface area contributed by atoms with Gasteiger partial charge in [-0.1, -0.05) is 376 Å². The maximum Gasteiger partial charge on any atom is 0.0487 e. The molecular weight excluding hydrogens is 1650 g/mol. The lowest BCUT2D eigenvalue weighted by atomic mass is 9.94. The van der Waals surface area contributed by atoms with E-state index >= 15 is 0 Å². The number of anilines is 8. The van der Waals surface area contributed by atoms with Crippen LogP contribution in [0.3, 0.4) is 0 Å². The minimum Gasteiger partial charge on any atom is -0.344 e. The highest BCUT2D eigenvalue weighted by Gasteiger charge is 2.24. The summed E-state index contributed by atoms with van der Waals surface area (Å²) in [7, 11) is 8.57. The summed E-state index contributed by atoms with van der Waals surface area (Å²) in [6, 6.07) is 174. The van der Waals surface area contributed by atoms with Crippen LogP contribution in [0, 0.1) is 0 Å². The molecule has 132 heavy (non-hydrogen) atoms. The Morgan fingerprint density at radius 1 is 0.167 bits per heavy atom. The van der Waals surface area contributed by atoms with Gasteiger partial charge in [-0.3, -0.25) is 0 Å². The van der Waals surface area contributed by atoms with Gasteiger partial charge in [0.2, 0.25) is 0 Å². The molecular formula is C125H94N4S3. The Kier molecular flexibility index (Phi) is 23.6. The van der Waals surface area contributed by atoms with E-state index in [2.05, 4.69) is 533 Å². The van der Waals surface area contributed by atoms with Crippen molar-refractivity contribution in [2.24, 2.45) is 0 Å². The van der Waals surface area contributed by atoms with Crippen LogP contribution >= 0.6 is 34.0 Å². The van der Waals surface area contributed by atoms with E-state index in [9.17, 15) is 0 Å². The Morgan fingerprint density at radius 2 is 0.447 bits per heavy atom. The SMILES string of the molecule is CN(c1ccc(-c2ccc3c(c2)sc2ccccc23)cc1)c1ccccc1-c1ccccc1.CN(c1ccc(-c2ccc3sc4ccccc4c3c2)cc1)c1ccccc1-c1ccccc1.CN(c1ccc(-c2cccc3c2-c2ccccc2C3)cc1)c1ccccc1-c1ccccc1.CN(c1ccc(-c2cccc3c2sc2ccccc23)cc1)c1ccccc1-c1ccccc1. The monoisotopic (exact) mass is 1750 g/mol. The molecule has 0 unspecified atom stereocenters. The normalized spacial score (nSPS) is 11.3. The lowest BCUT2D eigenvalue weighted by Crippen LogP contribution is -2.10. The van der Waals surface area contributed by atoms with Gasteiger partial charge in [-0.15, -0.1) is 34.0 Å². The predicted molar refractivity (Wildman–Crippen MR) is 574 cm³/mol. The minimum atomic E-state index is 1.02. The predicted octanol–water partition coefficient (Wildman–Crippen LogP) is 35.8. The Hall–Kier alpha value is -15.7. The number of hydrogen-bond acceptors (Lipinski definition) is 7. The van der Waals surface area contributed by atoms with Crippen molar-refractivity contribution in [2.45, 2.75) is 6.42 Å². The fraction of sp³-hybridized carbons (Fsp3) is 0.0400. The van der Waals surface area contributed by atoms with E-state index in [1.165, 1.54) is 217 Å². The van der Waals surface area contributed by atoms with Gasteiger partial charge in [-0.2, -0.15) is 0 Å². The zero-order chi connectivity index (χ0) is 88.8. The van der Waals surface area contributed by atoms with Crippen LogP contribution in [0.5, 0.6) is 0 Å². The summed E-state index contributed by atoms with van der Waals surface area (Å²) < 4.78 is 8.07. The molecule has 0 fully saturated rings. The number of para-hydroxylation sites is 4. The third-order valence-corrected chi connectivity index (χ3v) is 29.2. The molecule has 1 aliphatic rings. The summed E-state index contributed by atoms with van der Waals surface area (Å²) in [5.41, 5.74) is 35.1. The number of rotatable bonds is 16. The van der Waals surface area contributed by atoms with Gasteiger partial charge >= 0.3 is 0 Å². The molecule has 0 spiro atoms. The molecule has 24 rings (SSSR count). The maximum absolute atomic E-state index is 2.33. The molecule has 3 heterocycles. The lowest BCUT2D eigenvalue weighted by Gasteiger charge is -2.23. The Balaban J connectivity index is 0.000000106. The zero-order valence-corrected chi connectivity index (χ0v) is 76.4. The highest BCUT2D eigenvalue weighted by Crippen LogP contribution is 2.48. The highest BCUT2D eigenvalue weighted by molar-refractivity contribution is 7.27. The molecule has 3 aromatic heterocycles. The zero-order valence-electron chi connectivity index (χ0n) is 73.9. The Bertz CT molecular complexity index is 8010. The molecule has 0 atom stereocenters. The number of fused-ring (bicyclic) bond motifs is 12. The maximum atomic E-state index is 2.33. The molecule has 0 bridgehead atoms. The van der Waals surface area contributed by atoms with Gasteiger partial charge in [-0.25, -0.2) is 0 Å². The van der Waals surface area contributed by atoms with E-state index in [0.29, 0.717) is 0 Å². The molecule has 7 heteroatoms. The minimum absolute atomic E-state index is 1.02.